The fourth-order valence-electron chi connectivity index (χ4n) is 5.62. The van der Waals surface area contributed by atoms with Crippen molar-refractivity contribution in [3.63, 3.8) is 0 Å². The third kappa shape index (κ3) is 2.93. The molecule has 0 amide bonds. The van der Waals surface area contributed by atoms with Gasteiger partial charge >= 0.3 is 0 Å². The summed E-state index contributed by atoms with van der Waals surface area (Å²) < 4.78 is 0. The monoisotopic (exact) mass is 348 g/mol. The van der Waals surface area contributed by atoms with Crippen molar-refractivity contribution in [1.82, 2.24) is 0 Å². The van der Waals surface area contributed by atoms with Crippen LogP contribution in [0.2, 0.25) is 12.1 Å². The van der Waals surface area contributed by atoms with Crippen LogP contribution in [0, 0.1) is 41.5 Å². The van der Waals surface area contributed by atoms with Gasteiger partial charge < -0.3 is 0 Å². The molecule has 25 heavy (non-hydrogen) atoms. The molecule has 1 aliphatic heterocycles. The van der Waals surface area contributed by atoms with Crippen LogP contribution in [0.25, 0.3) is 0 Å². The number of hydrogen-bond acceptors (Lipinski definition) is 0. The summed E-state index contributed by atoms with van der Waals surface area (Å²) in [5, 5.41) is 3.40. The number of hydrogen-bond donors (Lipinski definition) is 0. The first kappa shape index (κ1) is 18.2. The summed E-state index contributed by atoms with van der Waals surface area (Å²) in [7, 11) is -1.81. The van der Waals surface area contributed by atoms with E-state index in [1.54, 1.807) is 21.5 Å². The summed E-state index contributed by atoms with van der Waals surface area (Å²) in [5.74, 6) is 0. The zero-order valence-corrected chi connectivity index (χ0v) is 18.2. The van der Waals surface area contributed by atoms with Crippen molar-refractivity contribution < 1.29 is 0 Å². The van der Waals surface area contributed by atoms with E-state index in [1.165, 1.54) is 45.5 Å². The molecule has 0 saturated carbocycles. The molecule has 0 radical (unpaired) electrons. The lowest BCUT2D eigenvalue weighted by atomic mass is 10.1. The molecule has 0 aromatic heterocycles. The molecule has 2 aromatic carbocycles. The van der Waals surface area contributed by atoms with Crippen molar-refractivity contribution in [1.29, 1.82) is 0 Å². The van der Waals surface area contributed by atoms with E-state index in [-0.39, 0.29) is 0 Å². The largest absolute Gasteiger partial charge is 0.127 e. The maximum Gasteiger partial charge on any atom is 0.127 e. The van der Waals surface area contributed by atoms with Crippen LogP contribution in [0.1, 0.15) is 47.2 Å². The maximum atomic E-state index is 2.40. The molecular formula is C24H32Si. The summed E-state index contributed by atoms with van der Waals surface area (Å²) in [6.45, 7) is 18.5. The standard InChI is InChI=1S/C24H32Si/c1-15-9-17(3)23(18(4)10-15)25(13-21(7)22(8)14-25)24-19(5)11-16(2)12-20(24)6/h9-12H,13-14H2,1-8H3. The van der Waals surface area contributed by atoms with Gasteiger partial charge in [0.15, 0.2) is 0 Å². The molecule has 0 atom stereocenters. The highest BCUT2D eigenvalue weighted by Crippen LogP contribution is 2.37. The summed E-state index contributed by atoms with van der Waals surface area (Å²) in [6.07, 6.45) is 0. The van der Waals surface area contributed by atoms with Crippen molar-refractivity contribution in [3.05, 3.63) is 68.8 Å². The van der Waals surface area contributed by atoms with Crippen LogP contribution in [0.4, 0.5) is 0 Å². The van der Waals surface area contributed by atoms with Gasteiger partial charge in [0.25, 0.3) is 0 Å². The Morgan fingerprint density at radius 3 is 1.08 bits per heavy atom. The highest BCUT2D eigenvalue weighted by atomic mass is 28.3. The highest BCUT2D eigenvalue weighted by molar-refractivity contribution is 7.04. The van der Waals surface area contributed by atoms with Gasteiger partial charge in [0.2, 0.25) is 0 Å². The lowest BCUT2D eigenvalue weighted by molar-refractivity contribution is 1.28. The lowest BCUT2D eigenvalue weighted by Gasteiger charge is -2.35. The van der Waals surface area contributed by atoms with Crippen molar-refractivity contribution in [2.75, 3.05) is 0 Å². The van der Waals surface area contributed by atoms with Crippen LogP contribution >= 0.6 is 0 Å². The number of rotatable bonds is 2. The predicted molar refractivity (Wildman–Crippen MR) is 114 cm³/mol. The van der Waals surface area contributed by atoms with Gasteiger partial charge in [-0.2, -0.15) is 0 Å². The second-order valence-electron chi connectivity index (χ2n) is 8.54. The predicted octanol–water partition coefficient (Wildman–Crippen LogP) is 5.45. The Morgan fingerprint density at radius 2 is 0.800 bits per heavy atom. The molecule has 0 spiro atoms. The molecule has 1 heteroatoms. The van der Waals surface area contributed by atoms with Gasteiger partial charge in [-0.25, -0.2) is 0 Å². The Morgan fingerprint density at radius 1 is 0.520 bits per heavy atom. The molecule has 0 aliphatic carbocycles. The minimum absolute atomic E-state index is 1.29. The molecule has 0 N–H and O–H groups in total. The Bertz CT molecular complexity index is 763. The normalized spacial score (nSPS) is 16.6. The Hall–Kier alpha value is -1.60. The van der Waals surface area contributed by atoms with Gasteiger partial charge in [0.1, 0.15) is 8.07 Å². The van der Waals surface area contributed by atoms with Crippen molar-refractivity contribution >= 4 is 18.4 Å². The van der Waals surface area contributed by atoms with Gasteiger partial charge in [0.05, 0.1) is 0 Å². The van der Waals surface area contributed by atoms with Crippen molar-refractivity contribution in [2.24, 2.45) is 0 Å². The van der Waals surface area contributed by atoms with E-state index in [0.29, 0.717) is 0 Å². The van der Waals surface area contributed by atoms with E-state index >= 15 is 0 Å². The van der Waals surface area contributed by atoms with E-state index in [4.69, 9.17) is 0 Å². The summed E-state index contributed by atoms with van der Waals surface area (Å²) in [4.78, 5) is 0. The number of allylic oxidation sites excluding steroid dienone is 2. The minimum atomic E-state index is -1.81. The summed E-state index contributed by atoms with van der Waals surface area (Å²) in [5.41, 5.74) is 12.1. The van der Waals surface area contributed by atoms with Crippen LogP contribution in [-0.4, -0.2) is 8.07 Å². The lowest BCUT2D eigenvalue weighted by Crippen LogP contribution is -2.60. The number of benzene rings is 2. The van der Waals surface area contributed by atoms with Crippen LogP contribution < -0.4 is 10.4 Å². The topological polar surface area (TPSA) is 0 Å². The first-order chi connectivity index (χ1) is 11.7. The molecule has 0 bridgehead atoms. The van der Waals surface area contributed by atoms with Gasteiger partial charge in [-0.3, -0.25) is 0 Å². The Labute approximate surface area is 155 Å². The van der Waals surface area contributed by atoms with Crippen LogP contribution in [0.15, 0.2) is 35.4 Å². The third-order valence-corrected chi connectivity index (χ3v) is 11.9. The third-order valence-electron chi connectivity index (χ3n) is 6.17. The molecular weight excluding hydrogens is 316 g/mol. The number of aryl methyl sites for hydroxylation is 6. The maximum absolute atomic E-state index is 2.40. The average molecular weight is 349 g/mol. The molecule has 0 nitrogen and oxygen atoms in total. The Balaban J connectivity index is 2.36. The van der Waals surface area contributed by atoms with E-state index in [2.05, 4.69) is 79.7 Å². The molecule has 0 fully saturated rings. The van der Waals surface area contributed by atoms with Gasteiger partial charge in [-0.1, -0.05) is 68.8 Å². The van der Waals surface area contributed by atoms with E-state index < -0.39 is 8.07 Å². The second kappa shape index (κ2) is 6.28. The zero-order chi connectivity index (χ0) is 18.5. The quantitative estimate of drug-likeness (QED) is 0.500. The van der Waals surface area contributed by atoms with Crippen LogP contribution in [-0.2, 0) is 0 Å². The van der Waals surface area contributed by atoms with Gasteiger partial charge in [-0.05, 0) is 77.9 Å². The first-order valence-electron chi connectivity index (χ1n) is 9.47. The first-order valence-corrected chi connectivity index (χ1v) is 11.9. The van der Waals surface area contributed by atoms with Gasteiger partial charge in [0, 0.05) is 0 Å². The fraction of sp³-hybridized carbons (Fsp3) is 0.417. The van der Waals surface area contributed by atoms with Crippen LogP contribution in [0.3, 0.4) is 0 Å². The van der Waals surface area contributed by atoms with E-state index in [9.17, 15) is 0 Å². The molecule has 3 rings (SSSR count). The molecule has 1 aliphatic rings. The smallest absolute Gasteiger partial charge is 0.0767 e. The van der Waals surface area contributed by atoms with Crippen molar-refractivity contribution in [3.8, 4) is 0 Å². The zero-order valence-electron chi connectivity index (χ0n) is 17.2. The van der Waals surface area contributed by atoms with Gasteiger partial charge in [-0.15, -0.1) is 0 Å². The molecule has 2 aromatic rings. The van der Waals surface area contributed by atoms with Crippen molar-refractivity contribution in [2.45, 2.75) is 67.5 Å². The van der Waals surface area contributed by atoms with E-state index in [0.717, 1.165) is 0 Å². The minimum Gasteiger partial charge on any atom is -0.0767 e. The SMILES string of the molecule is CC1=C(C)C[Si](c2c(C)cc(C)cc2C)(c2c(C)cc(C)cc2C)C1. The average Bonchev–Trinajstić information content (AvgIpc) is 2.72. The Kier molecular flexibility index (Phi) is 4.57. The summed E-state index contributed by atoms with van der Waals surface area (Å²) in [6, 6.07) is 12.2. The second-order valence-corrected chi connectivity index (χ2v) is 12.4. The summed E-state index contributed by atoms with van der Waals surface area (Å²) >= 11 is 0. The molecule has 0 unspecified atom stereocenters. The van der Waals surface area contributed by atoms with Crippen LogP contribution in [0.5, 0.6) is 0 Å². The molecule has 0 saturated heterocycles. The highest BCUT2D eigenvalue weighted by Gasteiger charge is 2.45. The molecule has 132 valence electrons. The fourth-order valence-corrected chi connectivity index (χ4v) is 12.4. The van der Waals surface area contributed by atoms with E-state index in [1.807, 2.05) is 0 Å². The molecule has 1 heterocycles.